The van der Waals surface area contributed by atoms with E-state index < -0.39 is 0 Å². The van der Waals surface area contributed by atoms with Crippen LogP contribution in [0.2, 0.25) is 0 Å². The summed E-state index contributed by atoms with van der Waals surface area (Å²) in [5.74, 6) is 0.169. The second-order valence-electron chi connectivity index (χ2n) is 9.46. The fraction of sp³-hybridized carbons (Fsp3) is 0.345. The lowest BCUT2D eigenvalue weighted by Crippen LogP contribution is -2.54. The van der Waals surface area contributed by atoms with Gasteiger partial charge in [-0.1, -0.05) is 36.4 Å². The zero-order valence-corrected chi connectivity index (χ0v) is 20.2. The number of halogens is 2. The van der Waals surface area contributed by atoms with E-state index >= 15 is 0 Å². The van der Waals surface area contributed by atoms with Crippen LogP contribution in [0.3, 0.4) is 0 Å². The zero-order chi connectivity index (χ0) is 24.9. The topological polar surface area (TPSA) is 36.0 Å². The van der Waals surface area contributed by atoms with Crippen molar-refractivity contribution < 1.29 is 18.3 Å². The van der Waals surface area contributed by atoms with Crippen LogP contribution in [-0.4, -0.2) is 55.1 Å². The van der Waals surface area contributed by atoms with Crippen molar-refractivity contribution in [1.82, 2.24) is 9.80 Å². The number of anilines is 1. The van der Waals surface area contributed by atoms with Gasteiger partial charge < -0.3 is 19.4 Å². The summed E-state index contributed by atoms with van der Waals surface area (Å²) in [6.07, 6.45) is 1.43. The zero-order valence-electron chi connectivity index (χ0n) is 20.2. The van der Waals surface area contributed by atoms with Crippen LogP contribution in [0.25, 0.3) is 0 Å². The third-order valence-electron chi connectivity index (χ3n) is 7.17. The standard InChI is InChI=1S/C29H31F2N3O2/c30-24-9-11-26(12-10-24)32-17-19-34(20-18-32)29(35)33-15-13-23(14-16-33)28(22-5-2-1-3-6-22)36-27-8-4-7-25(31)21-27/h1-12,21,23,28H,13-20H2. The quantitative estimate of drug-likeness (QED) is 0.457. The molecule has 2 fully saturated rings. The fourth-order valence-electron chi connectivity index (χ4n) is 5.17. The summed E-state index contributed by atoms with van der Waals surface area (Å²) in [7, 11) is 0. The number of urea groups is 1. The summed E-state index contributed by atoms with van der Waals surface area (Å²) in [5.41, 5.74) is 2.04. The maximum atomic E-state index is 13.8. The summed E-state index contributed by atoms with van der Waals surface area (Å²) in [4.78, 5) is 19.3. The van der Waals surface area contributed by atoms with E-state index in [1.165, 1.54) is 24.3 Å². The van der Waals surface area contributed by atoms with E-state index in [9.17, 15) is 13.6 Å². The number of hydrogen-bond donors (Lipinski definition) is 0. The van der Waals surface area contributed by atoms with Crippen molar-refractivity contribution in [2.24, 2.45) is 5.92 Å². The van der Waals surface area contributed by atoms with Crippen molar-refractivity contribution in [2.75, 3.05) is 44.2 Å². The minimum absolute atomic E-state index is 0.0783. The van der Waals surface area contributed by atoms with Gasteiger partial charge in [0.25, 0.3) is 0 Å². The average Bonchev–Trinajstić information content (AvgIpc) is 2.93. The highest BCUT2D eigenvalue weighted by molar-refractivity contribution is 5.75. The predicted molar refractivity (Wildman–Crippen MR) is 136 cm³/mol. The monoisotopic (exact) mass is 491 g/mol. The molecule has 0 aromatic heterocycles. The molecule has 7 heteroatoms. The average molecular weight is 492 g/mol. The second kappa shape index (κ2) is 11.0. The number of likely N-dealkylation sites (tertiary alicyclic amines) is 1. The normalized spacial score (nSPS) is 17.7. The molecule has 0 bridgehead atoms. The minimum atomic E-state index is -0.320. The van der Waals surface area contributed by atoms with Crippen LogP contribution in [0.1, 0.15) is 24.5 Å². The van der Waals surface area contributed by atoms with Crippen LogP contribution in [0.15, 0.2) is 78.9 Å². The van der Waals surface area contributed by atoms with E-state index in [1.807, 2.05) is 40.1 Å². The van der Waals surface area contributed by atoms with Gasteiger partial charge in [-0.3, -0.25) is 0 Å². The number of carbonyl (C=O) groups excluding carboxylic acids is 1. The lowest BCUT2D eigenvalue weighted by molar-refractivity contribution is 0.0752. The maximum absolute atomic E-state index is 13.8. The molecule has 188 valence electrons. The van der Waals surface area contributed by atoms with Crippen LogP contribution in [-0.2, 0) is 0 Å². The van der Waals surface area contributed by atoms with E-state index in [0.29, 0.717) is 31.9 Å². The highest BCUT2D eigenvalue weighted by atomic mass is 19.1. The van der Waals surface area contributed by atoms with E-state index in [-0.39, 0.29) is 29.7 Å². The van der Waals surface area contributed by atoms with Gasteiger partial charge >= 0.3 is 6.03 Å². The molecule has 36 heavy (non-hydrogen) atoms. The Labute approximate surface area is 210 Å². The summed E-state index contributed by atoms with van der Waals surface area (Å²) in [5, 5.41) is 0. The number of piperazine rings is 1. The molecule has 0 radical (unpaired) electrons. The van der Waals surface area contributed by atoms with Gasteiger partial charge in [-0.05, 0) is 54.8 Å². The van der Waals surface area contributed by atoms with Crippen LogP contribution in [0, 0.1) is 17.6 Å². The number of benzene rings is 3. The van der Waals surface area contributed by atoms with E-state index in [1.54, 1.807) is 24.3 Å². The van der Waals surface area contributed by atoms with Crippen molar-refractivity contribution in [3.63, 3.8) is 0 Å². The van der Waals surface area contributed by atoms with Crippen LogP contribution in [0.4, 0.5) is 19.3 Å². The SMILES string of the molecule is O=C(N1CCC(C(Oc2cccc(F)c2)c2ccccc2)CC1)N1CCN(c2ccc(F)cc2)CC1. The summed E-state index contributed by atoms with van der Waals surface area (Å²) in [6.45, 7) is 4.07. The smallest absolute Gasteiger partial charge is 0.320 e. The van der Waals surface area contributed by atoms with Gasteiger partial charge in [0.15, 0.2) is 0 Å². The highest BCUT2D eigenvalue weighted by Gasteiger charge is 2.33. The molecule has 1 atom stereocenters. The van der Waals surface area contributed by atoms with Crippen molar-refractivity contribution in [3.8, 4) is 5.75 Å². The first kappa shape index (κ1) is 24.1. The fourth-order valence-corrected chi connectivity index (χ4v) is 5.17. The molecular weight excluding hydrogens is 460 g/mol. The predicted octanol–water partition coefficient (Wildman–Crippen LogP) is 5.74. The first-order chi connectivity index (χ1) is 17.6. The first-order valence-corrected chi connectivity index (χ1v) is 12.6. The molecule has 0 N–H and O–H groups in total. The molecule has 2 heterocycles. The van der Waals surface area contributed by atoms with Gasteiger partial charge in [0.2, 0.25) is 0 Å². The lowest BCUT2D eigenvalue weighted by atomic mass is 9.87. The second-order valence-corrected chi connectivity index (χ2v) is 9.46. The number of amides is 2. The Balaban J connectivity index is 1.18. The van der Waals surface area contributed by atoms with Crippen molar-refractivity contribution in [3.05, 3.63) is 96.1 Å². The summed E-state index contributed by atoms with van der Waals surface area (Å²) < 4.78 is 33.3. The molecule has 0 aliphatic carbocycles. The molecule has 2 aliphatic rings. The van der Waals surface area contributed by atoms with Gasteiger partial charge in [0.05, 0.1) is 0 Å². The highest BCUT2D eigenvalue weighted by Crippen LogP contribution is 2.35. The summed E-state index contributed by atoms with van der Waals surface area (Å²) in [6, 6.07) is 22.9. The molecule has 5 rings (SSSR count). The van der Waals surface area contributed by atoms with E-state index in [2.05, 4.69) is 4.90 Å². The van der Waals surface area contributed by atoms with Crippen molar-refractivity contribution in [2.45, 2.75) is 18.9 Å². The van der Waals surface area contributed by atoms with Gasteiger partial charge in [0.1, 0.15) is 23.5 Å². The summed E-state index contributed by atoms with van der Waals surface area (Å²) >= 11 is 0. The van der Waals surface area contributed by atoms with Gasteiger partial charge in [0, 0.05) is 56.9 Å². The molecular formula is C29H31F2N3O2. The van der Waals surface area contributed by atoms with Crippen LogP contribution in [0.5, 0.6) is 5.75 Å². The van der Waals surface area contributed by atoms with Crippen molar-refractivity contribution >= 4 is 11.7 Å². The number of nitrogens with zero attached hydrogens (tertiary/aromatic N) is 3. The Morgan fingerprint density at radius 2 is 1.42 bits per heavy atom. The number of rotatable bonds is 5. The van der Waals surface area contributed by atoms with E-state index in [4.69, 9.17) is 4.74 Å². The molecule has 0 saturated carbocycles. The molecule has 2 aliphatic heterocycles. The van der Waals surface area contributed by atoms with Crippen LogP contribution >= 0.6 is 0 Å². The van der Waals surface area contributed by atoms with Crippen LogP contribution < -0.4 is 9.64 Å². The third kappa shape index (κ3) is 5.61. The Morgan fingerprint density at radius 3 is 2.08 bits per heavy atom. The van der Waals surface area contributed by atoms with Crippen molar-refractivity contribution in [1.29, 1.82) is 0 Å². The Hall–Kier alpha value is -3.61. The van der Waals surface area contributed by atoms with Gasteiger partial charge in [-0.15, -0.1) is 0 Å². The number of ether oxygens (including phenoxy) is 1. The molecule has 2 amide bonds. The number of piperidine rings is 1. The molecule has 5 nitrogen and oxygen atoms in total. The number of carbonyl (C=O) groups is 1. The molecule has 2 saturated heterocycles. The molecule has 3 aromatic carbocycles. The lowest BCUT2D eigenvalue weighted by Gasteiger charge is -2.41. The molecule has 1 unspecified atom stereocenters. The maximum Gasteiger partial charge on any atom is 0.320 e. The minimum Gasteiger partial charge on any atom is -0.485 e. The molecule has 3 aromatic rings. The molecule has 0 spiro atoms. The van der Waals surface area contributed by atoms with Gasteiger partial charge in [-0.2, -0.15) is 0 Å². The Kier molecular flexibility index (Phi) is 7.35. The number of hydrogen-bond acceptors (Lipinski definition) is 3. The largest absolute Gasteiger partial charge is 0.485 e. The Morgan fingerprint density at radius 1 is 0.750 bits per heavy atom. The van der Waals surface area contributed by atoms with E-state index in [0.717, 1.165) is 37.2 Å². The van der Waals surface area contributed by atoms with Gasteiger partial charge in [-0.25, -0.2) is 13.6 Å². The first-order valence-electron chi connectivity index (χ1n) is 12.6. The third-order valence-corrected chi connectivity index (χ3v) is 7.17. The Bertz CT molecular complexity index is 1140.